The van der Waals surface area contributed by atoms with Gasteiger partial charge in [-0.25, -0.2) is 4.98 Å². The van der Waals surface area contributed by atoms with Crippen LogP contribution in [0.1, 0.15) is 49.7 Å². The molecule has 140 valence electrons. The van der Waals surface area contributed by atoms with Gasteiger partial charge in [0.1, 0.15) is 0 Å². The molecule has 25 heavy (non-hydrogen) atoms. The molecule has 1 aromatic heterocycles. The topological polar surface area (TPSA) is 69.6 Å². The maximum Gasteiger partial charge on any atom is 0.222 e. The molecule has 1 saturated heterocycles. The molecule has 0 unspecified atom stereocenters. The molecule has 1 amide bonds. The summed E-state index contributed by atoms with van der Waals surface area (Å²) in [6, 6.07) is 0. The Bertz CT molecular complexity index is 557. The Kier molecular flexibility index (Phi) is 8.72. The van der Waals surface area contributed by atoms with Crippen LogP contribution >= 0.6 is 11.3 Å². The molecule has 2 heterocycles. The predicted molar refractivity (Wildman–Crippen MR) is 104 cm³/mol. The van der Waals surface area contributed by atoms with E-state index < -0.39 is 0 Å². The second-order valence-electron chi connectivity index (χ2n) is 6.34. The molecule has 1 aliphatic rings. The number of amides is 1. The Morgan fingerprint density at radius 2 is 2.24 bits per heavy atom. The SMILES string of the molecule is CCNC(=NCCCN1CCCCCC1=O)NCCc1csc(C)n1. The zero-order chi connectivity index (χ0) is 17.9. The summed E-state index contributed by atoms with van der Waals surface area (Å²) < 4.78 is 0. The van der Waals surface area contributed by atoms with Gasteiger partial charge in [-0.3, -0.25) is 9.79 Å². The molecule has 7 heteroatoms. The fraction of sp³-hybridized carbons (Fsp3) is 0.722. The fourth-order valence-electron chi connectivity index (χ4n) is 2.90. The van der Waals surface area contributed by atoms with Crippen LogP contribution in [0, 0.1) is 6.92 Å². The lowest BCUT2D eigenvalue weighted by Gasteiger charge is -2.20. The van der Waals surface area contributed by atoms with Gasteiger partial charge in [-0.1, -0.05) is 6.42 Å². The minimum absolute atomic E-state index is 0.310. The molecule has 2 N–H and O–H groups in total. The van der Waals surface area contributed by atoms with Crippen molar-refractivity contribution in [3.63, 3.8) is 0 Å². The molecule has 0 aromatic carbocycles. The third kappa shape index (κ3) is 7.42. The number of guanidine groups is 1. The van der Waals surface area contributed by atoms with Gasteiger partial charge in [0.05, 0.1) is 10.7 Å². The van der Waals surface area contributed by atoms with Gasteiger partial charge in [-0.15, -0.1) is 11.3 Å². The zero-order valence-corrected chi connectivity index (χ0v) is 16.3. The Labute approximate surface area is 155 Å². The van der Waals surface area contributed by atoms with Gasteiger partial charge in [-0.2, -0.15) is 0 Å². The van der Waals surface area contributed by atoms with E-state index in [4.69, 9.17) is 0 Å². The molecule has 0 bridgehead atoms. The van der Waals surface area contributed by atoms with Crippen molar-refractivity contribution in [1.82, 2.24) is 20.5 Å². The molecule has 1 aliphatic heterocycles. The number of thiazole rings is 1. The van der Waals surface area contributed by atoms with Crippen LogP contribution in [0.3, 0.4) is 0 Å². The largest absolute Gasteiger partial charge is 0.357 e. The Hall–Kier alpha value is -1.63. The lowest BCUT2D eigenvalue weighted by molar-refractivity contribution is -0.130. The van der Waals surface area contributed by atoms with Crippen molar-refractivity contribution in [2.24, 2.45) is 4.99 Å². The molecule has 0 saturated carbocycles. The van der Waals surface area contributed by atoms with E-state index in [1.165, 1.54) is 6.42 Å². The van der Waals surface area contributed by atoms with Gasteiger partial charge in [0.2, 0.25) is 5.91 Å². The highest BCUT2D eigenvalue weighted by Gasteiger charge is 2.15. The first-order valence-electron chi connectivity index (χ1n) is 9.40. The summed E-state index contributed by atoms with van der Waals surface area (Å²) in [7, 11) is 0. The quantitative estimate of drug-likeness (QED) is 0.421. The summed E-state index contributed by atoms with van der Waals surface area (Å²) in [6.45, 7) is 8.22. The maximum absolute atomic E-state index is 12.0. The molecular weight excluding hydrogens is 334 g/mol. The van der Waals surface area contributed by atoms with E-state index in [1.54, 1.807) is 11.3 Å². The lowest BCUT2D eigenvalue weighted by Crippen LogP contribution is -2.38. The van der Waals surface area contributed by atoms with Crippen molar-refractivity contribution in [2.75, 3.05) is 32.7 Å². The number of hydrogen-bond donors (Lipinski definition) is 2. The Morgan fingerprint density at radius 1 is 1.36 bits per heavy atom. The summed E-state index contributed by atoms with van der Waals surface area (Å²) in [5, 5.41) is 9.85. The number of aliphatic imine (C=N–C) groups is 1. The van der Waals surface area contributed by atoms with Crippen molar-refractivity contribution in [2.45, 2.75) is 52.4 Å². The average molecular weight is 366 g/mol. The van der Waals surface area contributed by atoms with Crippen LogP contribution in [0.15, 0.2) is 10.4 Å². The van der Waals surface area contributed by atoms with E-state index in [0.29, 0.717) is 12.3 Å². The number of nitrogens with one attached hydrogen (secondary N) is 2. The number of aromatic nitrogens is 1. The van der Waals surface area contributed by atoms with Crippen LogP contribution < -0.4 is 10.6 Å². The third-order valence-corrected chi connectivity index (χ3v) is 5.03. The summed E-state index contributed by atoms with van der Waals surface area (Å²) in [5.74, 6) is 1.15. The second kappa shape index (κ2) is 11.1. The second-order valence-corrected chi connectivity index (χ2v) is 7.40. The van der Waals surface area contributed by atoms with Crippen molar-refractivity contribution in [1.29, 1.82) is 0 Å². The van der Waals surface area contributed by atoms with E-state index in [1.807, 2.05) is 11.8 Å². The molecule has 0 atom stereocenters. The molecule has 6 nitrogen and oxygen atoms in total. The lowest BCUT2D eigenvalue weighted by atomic mass is 10.2. The molecule has 1 fully saturated rings. The van der Waals surface area contributed by atoms with Crippen LogP contribution in [0.5, 0.6) is 0 Å². The van der Waals surface area contributed by atoms with Gasteiger partial charge in [-0.05, 0) is 33.1 Å². The zero-order valence-electron chi connectivity index (χ0n) is 15.5. The first kappa shape index (κ1) is 19.7. The van der Waals surface area contributed by atoms with Gasteiger partial charge in [0.15, 0.2) is 5.96 Å². The van der Waals surface area contributed by atoms with Gasteiger partial charge in [0, 0.05) is 50.9 Å². The highest BCUT2D eigenvalue weighted by molar-refractivity contribution is 7.09. The van der Waals surface area contributed by atoms with Crippen molar-refractivity contribution >= 4 is 23.2 Å². The fourth-order valence-corrected chi connectivity index (χ4v) is 3.55. The number of hydrogen-bond acceptors (Lipinski definition) is 4. The van der Waals surface area contributed by atoms with Crippen LogP contribution in [-0.2, 0) is 11.2 Å². The number of rotatable bonds is 8. The molecule has 0 spiro atoms. The van der Waals surface area contributed by atoms with Crippen LogP contribution in [0.2, 0.25) is 0 Å². The molecule has 0 radical (unpaired) electrons. The van der Waals surface area contributed by atoms with E-state index in [2.05, 4.69) is 32.9 Å². The van der Waals surface area contributed by atoms with E-state index in [-0.39, 0.29) is 0 Å². The number of carbonyl (C=O) groups is 1. The summed E-state index contributed by atoms with van der Waals surface area (Å²) in [4.78, 5) is 23.1. The van der Waals surface area contributed by atoms with E-state index >= 15 is 0 Å². The van der Waals surface area contributed by atoms with E-state index in [0.717, 1.165) is 75.1 Å². The molecule has 0 aliphatic carbocycles. The monoisotopic (exact) mass is 365 g/mol. The van der Waals surface area contributed by atoms with Gasteiger partial charge < -0.3 is 15.5 Å². The van der Waals surface area contributed by atoms with Gasteiger partial charge >= 0.3 is 0 Å². The maximum atomic E-state index is 12.0. The number of likely N-dealkylation sites (tertiary alicyclic amines) is 1. The summed E-state index contributed by atoms with van der Waals surface area (Å²) in [5.41, 5.74) is 1.13. The number of nitrogens with zero attached hydrogens (tertiary/aromatic N) is 3. The molecule has 1 aromatic rings. The normalized spacial score (nSPS) is 16.0. The average Bonchev–Trinajstić information content (AvgIpc) is 2.90. The summed E-state index contributed by atoms with van der Waals surface area (Å²) in [6.07, 6.45) is 5.87. The molecular formula is C18H31N5OS. The first-order chi connectivity index (χ1) is 12.2. The Balaban J connectivity index is 1.69. The highest BCUT2D eigenvalue weighted by atomic mass is 32.1. The Morgan fingerprint density at radius 3 is 3.00 bits per heavy atom. The minimum atomic E-state index is 0.310. The summed E-state index contributed by atoms with van der Waals surface area (Å²) >= 11 is 1.69. The predicted octanol–water partition coefficient (Wildman–Crippen LogP) is 2.34. The minimum Gasteiger partial charge on any atom is -0.357 e. The van der Waals surface area contributed by atoms with Crippen LogP contribution in [0.4, 0.5) is 0 Å². The van der Waals surface area contributed by atoms with Crippen molar-refractivity contribution in [3.8, 4) is 0 Å². The van der Waals surface area contributed by atoms with Crippen LogP contribution in [0.25, 0.3) is 0 Å². The third-order valence-electron chi connectivity index (χ3n) is 4.21. The van der Waals surface area contributed by atoms with E-state index in [9.17, 15) is 4.79 Å². The highest BCUT2D eigenvalue weighted by Crippen LogP contribution is 2.11. The first-order valence-corrected chi connectivity index (χ1v) is 10.3. The van der Waals surface area contributed by atoms with Gasteiger partial charge in [0.25, 0.3) is 0 Å². The standard InChI is InChI=1S/C18H31N5OS/c1-3-19-18(21-11-9-16-14-25-15(2)22-16)20-10-7-13-23-12-6-4-5-8-17(23)24/h14H,3-13H2,1-2H3,(H2,19,20,21). The van der Waals surface area contributed by atoms with Crippen LogP contribution in [-0.4, -0.2) is 54.5 Å². The smallest absolute Gasteiger partial charge is 0.222 e. The van der Waals surface area contributed by atoms with Crippen molar-refractivity contribution < 1.29 is 4.79 Å². The van der Waals surface area contributed by atoms with Crippen molar-refractivity contribution in [3.05, 3.63) is 16.1 Å². The number of aryl methyl sites for hydroxylation is 1. The molecule has 2 rings (SSSR count). The number of carbonyl (C=O) groups excluding carboxylic acids is 1.